The van der Waals surface area contributed by atoms with Crippen LogP contribution in [0.25, 0.3) is 0 Å². The van der Waals surface area contributed by atoms with Crippen molar-refractivity contribution >= 4 is 0 Å². The molecular formula is C16H23FO. The highest BCUT2D eigenvalue weighted by molar-refractivity contribution is 5.36. The zero-order valence-electron chi connectivity index (χ0n) is 11.8. The van der Waals surface area contributed by atoms with E-state index in [4.69, 9.17) is 0 Å². The minimum absolute atomic E-state index is 0.253. The SMILES string of the molecule is Cc1cc(C)c(C2(O)CCC(C)C(C)C2)c(F)c1. The van der Waals surface area contributed by atoms with Crippen molar-refractivity contribution < 1.29 is 9.50 Å². The Balaban J connectivity index is 2.42. The van der Waals surface area contributed by atoms with Crippen LogP contribution in [0.5, 0.6) is 0 Å². The van der Waals surface area contributed by atoms with E-state index in [1.54, 1.807) is 0 Å². The van der Waals surface area contributed by atoms with Crippen LogP contribution in [0.1, 0.15) is 49.8 Å². The van der Waals surface area contributed by atoms with Gasteiger partial charge in [0.25, 0.3) is 0 Å². The van der Waals surface area contributed by atoms with Crippen LogP contribution in [-0.2, 0) is 5.60 Å². The average Bonchev–Trinajstić information content (AvgIpc) is 2.22. The maximum Gasteiger partial charge on any atom is 0.129 e. The molecule has 1 aromatic rings. The Bertz CT molecular complexity index is 431. The zero-order chi connectivity index (χ0) is 13.5. The molecule has 0 bridgehead atoms. The van der Waals surface area contributed by atoms with E-state index < -0.39 is 5.60 Å². The molecular weight excluding hydrogens is 227 g/mol. The number of hydrogen-bond acceptors (Lipinski definition) is 1. The van der Waals surface area contributed by atoms with Crippen LogP contribution in [-0.4, -0.2) is 5.11 Å². The maximum atomic E-state index is 14.2. The molecule has 0 aliphatic heterocycles. The predicted octanol–water partition coefficient (Wildman–Crippen LogP) is 4.09. The van der Waals surface area contributed by atoms with Crippen molar-refractivity contribution in [2.75, 3.05) is 0 Å². The third-order valence-corrected chi connectivity index (χ3v) is 4.54. The van der Waals surface area contributed by atoms with Gasteiger partial charge in [-0.25, -0.2) is 4.39 Å². The van der Waals surface area contributed by atoms with Gasteiger partial charge < -0.3 is 5.11 Å². The summed E-state index contributed by atoms with van der Waals surface area (Å²) in [5, 5.41) is 10.8. The summed E-state index contributed by atoms with van der Waals surface area (Å²) in [7, 11) is 0. The van der Waals surface area contributed by atoms with Crippen LogP contribution < -0.4 is 0 Å². The van der Waals surface area contributed by atoms with Crippen molar-refractivity contribution in [2.45, 2.75) is 52.6 Å². The number of rotatable bonds is 1. The van der Waals surface area contributed by atoms with Gasteiger partial charge in [0.15, 0.2) is 0 Å². The lowest BCUT2D eigenvalue weighted by Crippen LogP contribution is -2.36. The lowest BCUT2D eigenvalue weighted by molar-refractivity contribution is -0.0366. The number of aryl methyl sites for hydroxylation is 2. The molecule has 2 rings (SSSR count). The van der Waals surface area contributed by atoms with E-state index in [2.05, 4.69) is 13.8 Å². The summed E-state index contributed by atoms with van der Waals surface area (Å²) >= 11 is 0. The fourth-order valence-electron chi connectivity index (χ4n) is 3.32. The number of hydrogen-bond donors (Lipinski definition) is 1. The van der Waals surface area contributed by atoms with Crippen LogP contribution in [0.2, 0.25) is 0 Å². The third-order valence-electron chi connectivity index (χ3n) is 4.54. The normalized spacial score (nSPS) is 32.6. The van der Waals surface area contributed by atoms with Gasteiger partial charge in [0, 0.05) is 5.56 Å². The molecule has 1 saturated carbocycles. The molecule has 0 heterocycles. The highest BCUT2D eigenvalue weighted by atomic mass is 19.1. The lowest BCUT2D eigenvalue weighted by Gasteiger charge is -2.40. The van der Waals surface area contributed by atoms with Gasteiger partial charge in [0.05, 0.1) is 5.60 Å². The lowest BCUT2D eigenvalue weighted by atomic mass is 9.69. The van der Waals surface area contributed by atoms with Gasteiger partial charge in [-0.3, -0.25) is 0 Å². The van der Waals surface area contributed by atoms with Crippen molar-refractivity contribution in [1.29, 1.82) is 0 Å². The molecule has 1 aliphatic carbocycles. The summed E-state index contributed by atoms with van der Waals surface area (Å²) in [5.41, 5.74) is 1.33. The second-order valence-corrected chi connectivity index (χ2v) is 6.17. The minimum atomic E-state index is -0.978. The van der Waals surface area contributed by atoms with Crippen molar-refractivity contribution in [1.82, 2.24) is 0 Å². The van der Waals surface area contributed by atoms with Gasteiger partial charge in [0.1, 0.15) is 5.82 Å². The van der Waals surface area contributed by atoms with Gasteiger partial charge in [-0.15, -0.1) is 0 Å². The number of aliphatic hydroxyl groups is 1. The van der Waals surface area contributed by atoms with E-state index in [1.165, 1.54) is 6.07 Å². The molecule has 18 heavy (non-hydrogen) atoms. The van der Waals surface area contributed by atoms with Crippen LogP contribution in [0.3, 0.4) is 0 Å². The first kappa shape index (κ1) is 13.5. The molecule has 1 aliphatic rings. The summed E-state index contributed by atoms with van der Waals surface area (Å²) in [6, 6.07) is 3.49. The molecule has 0 spiro atoms. The predicted molar refractivity (Wildman–Crippen MR) is 71.9 cm³/mol. The molecule has 2 heteroatoms. The summed E-state index contributed by atoms with van der Waals surface area (Å²) in [6.07, 6.45) is 2.29. The Labute approximate surface area is 109 Å². The van der Waals surface area contributed by atoms with Gasteiger partial charge in [-0.2, -0.15) is 0 Å². The first-order chi connectivity index (χ1) is 8.33. The minimum Gasteiger partial charge on any atom is -0.385 e. The van der Waals surface area contributed by atoms with E-state index in [1.807, 2.05) is 19.9 Å². The van der Waals surface area contributed by atoms with Crippen molar-refractivity contribution in [3.05, 3.63) is 34.6 Å². The van der Waals surface area contributed by atoms with E-state index in [0.29, 0.717) is 30.2 Å². The van der Waals surface area contributed by atoms with Gasteiger partial charge in [0.2, 0.25) is 0 Å². The molecule has 1 nitrogen and oxygen atoms in total. The molecule has 0 amide bonds. The average molecular weight is 250 g/mol. The summed E-state index contributed by atoms with van der Waals surface area (Å²) in [4.78, 5) is 0. The Morgan fingerprint density at radius 1 is 1.22 bits per heavy atom. The van der Waals surface area contributed by atoms with Crippen LogP contribution in [0, 0.1) is 31.5 Å². The zero-order valence-corrected chi connectivity index (χ0v) is 11.8. The Hall–Kier alpha value is -0.890. The molecule has 1 fully saturated rings. The summed E-state index contributed by atoms with van der Waals surface area (Å²) in [6.45, 7) is 8.14. The van der Waals surface area contributed by atoms with Gasteiger partial charge >= 0.3 is 0 Å². The van der Waals surface area contributed by atoms with Crippen molar-refractivity contribution in [3.8, 4) is 0 Å². The molecule has 1 N–H and O–H groups in total. The molecule has 0 saturated heterocycles. The van der Waals surface area contributed by atoms with Gasteiger partial charge in [-0.05, 0) is 62.1 Å². The maximum absolute atomic E-state index is 14.2. The van der Waals surface area contributed by atoms with E-state index in [-0.39, 0.29) is 5.82 Å². The first-order valence-electron chi connectivity index (χ1n) is 6.83. The van der Waals surface area contributed by atoms with Gasteiger partial charge in [-0.1, -0.05) is 19.9 Å². The largest absolute Gasteiger partial charge is 0.385 e. The molecule has 0 radical (unpaired) electrons. The second-order valence-electron chi connectivity index (χ2n) is 6.17. The standard InChI is InChI=1S/C16H23FO/c1-10-7-12(3)15(14(17)8-10)16(18)6-5-11(2)13(4)9-16/h7-8,11,13,18H,5-6,9H2,1-4H3. The van der Waals surface area contributed by atoms with E-state index >= 15 is 0 Å². The highest BCUT2D eigenvalue weighted by Crippen LogP contribution is 2.44. The molecule has 1 aromatic carbocycles. The smallest absolute Gasteiger partial charge is 0.129 e. The molecule has 3 atom stereocenters. The van der Waals surface area contributed by atoms with Crippen molar-refractivity contribution in [2.24, 2.45) is 11.8 Å². The molecule has 0 aromatic heterocycles. The fraction of sp³-hybridized carbons (Fsp3) is 0.625. The van der Waals surface area contributed by atoms with Crippen LogP contribution in [0.15, 0.2) is 12.1 Å². The monoisotopic (exact) mass is 250 g/mol. The Kier molecular flexibility index (Phi) is 3.50. The first-order valence-corrected chi connectivity index (χ1v) is 6.83. The van der Waals surface area contributed by atoms with Crippen molar-refractivity contribution in [3.63, 3.8) is 0 Å². The highest BCUT2D eigenvalue weighted by Gasteiger charge is 2.39. The molecule has 3 unspecified atom stereocenters. The number of benzene rings is 1. The summed E-state index contributed by atoms with van der Waals surface area (Å²) < 4.78 is 14.2. The third kappa shape index (κ3) is 2.31. The number of halogens is 1. The van der Waals surface area contributed by atoms with E-state index in [0.717, 1.165) is 17.5 Å². The molecule has 100 valence electrons. The van der Waals surface area contributed by atoms with Crippen LogP contribution in [0.4, 0.5) is 4.39 Å². The summed E-state index contributed by atoms with van der Waals surface area (Å²) in [5.74, 6) is 0.791. The van der Waals surface area contributed by atoms with E-state index in [9.17, 15) is 9.50 Å². The second kappa shape index (κ2) is 4.65. The fourth-order valence-corrected chi connectivity index (χ4v) is 3.32. The topological polar surface area (TPSA) is 20.2 Å². The van der Waals surface area contributed by atoms with Crippen LogP contribution >= 0.6 is 0 Å². The Morgan fingerprint density at radius 3 is 2.44 bits per heavy atom. The Morgan fingerprint density at radius 2 is 1.89 bits per heavy atom. The quantitative estimate of drug-likeness (QED) is 0.796.